The van der Waals surface area contributed by atoms with Crippen molar-refractivity contribution in [3.63, 3.8) is 0 Å². The van der Waals surface area contributed by atoms with Gasteiger partial charge in [0.15, 0.2) is 0 Å². The van der Waals surface area contributed by atoms with Crippen LogP contribution in [0.25, 0.3) is 0 Å². The molecular weight excluding hydrogens is 276 g/mol. The zero-order chi connectivity index (χ0) is 14.7. The predicted molar refractivity (Wildman–Crippen MR) is 76.4 cm³/mol. The van der Waals surface area contributed by atoms with Gasteiger partial charge in [-0.25, -0.2) is 0 Å². The Kier molecular flexibility index (Phi) is 4.19. The Labute approximate surface area is 120 Å². The molecule has 2 rings (SSSR count). The number of nitrogens with zero attached hydrogens (tertiary/aromatic N) is 2. The van der Waals surface area contributed by atoms with E-state index < -0.39 is 0 Å². The quantitative estimate of drug-likeness (QED) is 0.838. The molecule has 0 saturated carbocycles. The van der Waals surface area contributed by atoms with Crippen LogP contribution in [-0.4, -0.2) is 21.6 Å². The van der Waals surface area contributed by atoms with Gasteiger partial charge in [0, 0.05) is 10.6 Å². The van der Waals surface area contributed by atoms with Gasteiger partial charge in [-0.15, -0.1) is 11.3 Å². The summed E-state index contributed by atoms with van der Waals surface area (Å²) >= 11 is 1.38. The summed E-state index contributed by atoms with van der Waals surface area (Å²) in [5.74, 6) is -0.636. The molecule has 20 heavy (non-hydrogen) atoms. The second-order valence-corrected chi connectivity index (χ2v) is 5.79. The summed E-state index contributed by atoms with van der Waals surface area (Å²) in [7, 11) is 0. The molecule has 0 bridgehead atoms. The molecule has 0 aliphatic rings. The molecule has 106 valence electrons. The molecule has 2 aromatic heterocycles. The molecule has 0 aliphatic heterocycles. The van der Waals surface area contributed by atoms with Gasteiger partial charge in [0.2, 0.25) is 0 Å². The first kappa shape index (κ1) is 14.3. The number of nitrogens with one attached hydrogen (secondary N) is 2. The minimum absolute atomic E-state index is 0.0728. The normalized spacial score (nSPS) is 10.3. The number of aromatic nitrogens is 2. The van der Waals surface area contributed by atoms with E-state index in [1.807, 2.05) is 32.9 Å². The Balaban J connectivity index is 1.86. The summed E-state index contributed by atoms with van der Waals surface area (Å²) in [6.07, 6.45) is 0. The maximum Gasteiger partial charge on any atom is 0.279 e. The van der Waals surface area contributed by atoms with Crippen molar-refractivity contribution in [1.82, 2.24) is 20.6 Å². The molecule has 0 fully saturated rings. The average molecular weight is 292 g/mol. The Hall–Kier alpha value is -2.15. The highest BCUT2D eigenvalue weighted by atomic mass is 32.1. The first-order chi connectivity index (χ1) is 9.45. The first-order valence-corrected chi connectivity index (χ1v) is 6.94. The SMILES string of the molecule is Cc1cc(C)n(CC(=O)NNC(=O)c2ccc(C)s2)n1. The van der Waals surface area contributed by atoms with E-state index in [2.05, 4.69) is 16.0 Å². The molecule has 2 amide bonds. The van der Waals surface area contributed by atoms with E-state index >= 15 is 0 Å². The van der Waals surface area contributed by atoms with Crippen LogP contribution >= 0.6 is 11.3 Å². The Morgan fingerprint density at radius 3 is 2.55 bits per heavy atom. The molecule has 2 aromatic rings. The smallest absolute Gasteiger partial charge is 0.271 e. The third-order valence-electron chi connectivity index (χ3n) is 2.68. The Morgan fingerprint density at radius 2 is 2.00 bits per heavy atom. The molecule has 7 heteroatoms. The molecule has 0 radical (unpaired) electrons. The van der Waals surface area contributed by atoms with E-state index in [1.165, 1.54) is 11.3 Å². The Morgan fingerprint density at radius 1 is 1.25 bits per heavy atom. The highest BCUT2D eigenvalue weighted by Crippen LogP contribution is 2.14. The third kappa shape index (κ3) is 3.45. The minimum atomic E-state index is -0.321. The van der Waals surface area contributed by atoms with Gasteiger partial charge in [-0.2, -0.15) is 5.10 Å². The Bertz CT molecular complexity index is 645. The lowest BCUT2D eigenvalue weighted by Crippen LogP contribution is -2.43. The lowest BCUT2D eigenvalue weighted by atomic mass is 10.4. The predicted octanol–water partition coefficient (Wildman–Crippen LogP) is 1.33. The van der Waals surface area contributed by atoms with Crippen molar-refractivity contribution >= 4 is 23.2 Å². The molecule has 0 unspecified atom stereocenters. The van der Waals surface area contributed by atoms with E-state index in [0.717, 1.165) is 16.3 Å². The molecule has 2 N–H and O–H groups in total. The number of hydrogen-bond donors (Lipinski definition) is 2. The number of amides is 2. The van der Waals surface area contributed by atoms with Gasteiger partial charge in [0.1, 0.15) is 6.54 Å². The zero-order valence-corrected chi connectivity index (χ0v) is 12.4. The monoisotopic (exact) mass is 292 g/mol. The minimum Gasteiger partial charge on any atom is -0.271 e. The average Bonchev–Trinajstić information content (AvgIpc) is 2.93. The summed E-state index contributed by atoms with van der Waals surface area (Å²) in [6, 6.07) is 5.47. The maximum atomic E-state index is 11.7. The number of hydrazine groups is 1. The van der Waals surface area contributed by atoms with Gasteiger partial charge in [0.25, 0.3) is 11.8 Å². The molecule has 6 nitrogen and oxygen atoms in total. The number of carbonyl (C=O) groups excluding carboxylic acids is 2. The van der Waals surface area contributed by atoms with Crippen LogP contribution in [0, 0.1) is 20.8 Å². The topological polar surface area (TPSA) is 76.0 Å². The van der Waals surface area contributed by atoms with Crippen LogP contribution in [0.4, 0.5) is 0 Å². The van der Waals surface area contributed by atoms with Gasteiger partial charge >= 0.3 is 0 Å². The maximum absolute atomic E-state index is 11.7. The lowest BCUT2D eigenvalue weighted by molar-refractivity contribution is -0.122. The molecule has 2 heterocycles. The highest BCUT2D eigenvalue weighted by Gasteiger charge is 2.10. The van der Waals surface area contributed by atoms with E-state index in [0.29, 0.717) is 4.88 Å². The number of thiophene rings is 1. The van der Waals surface area contributed by atoms with Gasteiger partial charge in [0.05, 0.1) is 10.6 Å². The van der Waals surface area contributed by atoms with Crippen molar-refractivity contribution in [2.24, 2.45) is 0 Å². The van der Waals surface area contributed by atoms with E-state index in [1.54, 1.807) is 10.7 Å². The van der Waals surface area contributed by atoms with Crippen molar-refractivity contribution in [1.29, 1.82) is 0 Å². The van der Waals surface area contributed by atoms with Crippen LogP contribution in [0.1, 0.15) is 25.9 Å². The van der Waals surface area contributed by atoms with Crippen molar-refractivity contribution in [2.45, 2.75) is 27.3 Å². The second-order valence-electron chi connectivity index (χ2n) is 4.50. The van der Waals surface area contributed by atoms with E-state index in [9.17, 15) is 9.59 Å². The molecule has 0 aliphatic carbocycles. The van der Waals surface area contributed by atoms with Gasteiger partial charge in [-0.3, -0.25) is 25.1 Å². The standard InChI is InChI=1S/C13H16N4O2S/c1-8-6-9(2)17(16-8)7-12(18)14-15-13(19)11-5-4-10(3)20-11/h4-6H,7H2,1-3H3,(H,14,18)(H,15,19). The van der Waals surface area contributed by atoms with Crippen LogP contribution in [0.5, 0.6) is 0 Å². The lowest BCUT2D eigenvalue weighted by Gasteiger charge is -2.07. The van der Waals surface area contributed by atoms with Gasteiger partial charge in [-0.05, 0) is 39.0 Å². The highest BCUT2D eigenvalue weighted by molar-refractivity contribution is 7.13. The van der Waals surface area contributed by atoms with E-state index in [-0.39, 0.29) is 18.4 Å². The van der Waals surface area contributed by atoms with Crippen LogP contribution < -0.4 is 10.9 Å². The van der Waals surface area contributed by atoms with E-state index in [4.69, 9.17) is 0 Å². The fourth-order valence-electron chi connectivity index (χ4n) is 1.76. The number of hydrogen-bond acceptors (Lipinski definition) is 4. The second kappa shape index (κ2) is 5.87. The number of rotatable bonds is 3. The molecule has 0 atom stereocenters. The zero-order valence-electron chi connectivity index (χ0n) is 11.6. The van der Waals surface area contributed by atoms with Crippen LogP contribution in [0.2, 0.25) is 0 Å². The molecular formula is C13H16N4O2S. The summed E-state index contributed by atoms with van der Waals surface area (Å²) in [5.41, 5.74) is 6.53. The van der Waals surface area contributed by atoms with Crippen molar-refractivity contribution in [2.75, 3.05) is 0 Å². The summed E-state index contributed by atoms with van der Waals surface area (Å²) in [5, 5.41) is 4.18. The molecule has 0 saturated heterocycles. The number of carbonyl (C=O) groups is 2. The number of aryl methyl sites for hydroxylation is 3. The summed E-state index contributed by atoms with van der Waals surface area (Å²) in [4.78, 5) is 25.1. The fraction of sp³-hybridized carbons (Fsp3) is 0.308. The van der Waals surface area contributed by atoms with Crippen molar-refractivity contribution in [3.05, 3.63) is 39.3 Å². The largest absolute Gasteiger partial charge is 0.279 e. The van der Waals surface area contributed by atoms with Crippen molar-refractivity contribution < 1.29 is 9.59 Å². The van der Waals surface area contributed by atoms with Crippen LogP contribution in [0.15, 0.2) is 18.2 Å². The van der Waals surface area contributed by atoms with Crippen molar-refractivity contribution in [3.8, 4) is 0 Å². The third-order valence-corrected chi connectivity index (χ3v) is 3.68. The van der Waals surface area contributed by atoms with Gasteiger partial charge in [-0.1, -0.05) is 0 Å². The summed E-state index contributed by atoms with van der Waals surface area (Å²) in [6.45, 7) is 5.73. The van der Waals surface area contributed by atoms with Crippen LogP contribution in [0.3, 0.4) is 0 Å². The van der Waals surface area contributed by atoms with Crippen LogP contribution in [-0.2, 0) is 11.3 Å². The molecule has 0 aromatic carbocycles. The van der Waals surface area contributed by atoms with Gasteiger partial charge < -0.3 is 0 Å². The molecule has 0 spiro atoms. The summed E-state index contributed by atoms with van der Waals surface area (Å²) < 4.78 is 1.59. The first-order valence-electron chi connectivity index (χ1n) is 6.12. The fourth-order valence-corrected chi connectivity index (χ4v) is 2.52.